The molecule has 0 aliphatic carbocycles. The van der Waals surface area contributed by atoms with Gasteiger partial charge in [-0.05, 0) is 32.7 Å². The van der Waals surface area contributed by atoms with E-state index < -0.39 is 0 Å². The Kier molecular flexibility index (Phi) is 7.28. The summed E-state index contributed by atoms with van der Waals surface area (Å²) < 4.78 is 0. The second kappa shape index (κ2) is 8.48. The summed E-state index contributed by atoms with van der Waals surface area (Å²) in [6, 6.07) is 0.538. The van der Waals surface area contributed by atoms with Gasteiger partial charge in [0.15, 0.2) is 0 Å². The Labute approximate surface area is 111 Å². The number of nitrogens with one attached hydrogen (secondary N) is 1. The van der Waals surface area contributed by atoms with Crippen molar-refractivity contribution in [3.63, 3.8) is 0 Å². The van der Waals surface area contributed by atoms with Crippen LogP contribution in [0.25, 0.3) is 0 Å². The van der Waals surface area contributed by atoms with Gasteiger partial charge in [-0.2, -0.15) is 0 Å². The lowest BCUT2D eigenvalue weighted by Gasteiger charge is -2.30. The van der Waals surface area contributed by atoms with Crippen molar-refractivity contribution in [3.8, 4) is 0 Å². The summed E-state index contributed by atoms with van der Waals surface area (Å²) in [6.45, 7) is 6.66. The van der Waals surface area contributed by atoms with Crippen LogP contribution in [0.15, 0.2) is 0 Å². The molecule has 2 atom stereocenters. The van der Waals surface area contributed by atoms with Gasteiger partial charge < -0.3 is 11.1 Å². The van der Waals surface area contributed by atoms with Crippen LogP contribution in [0.1, 0.15) is 52.4 Å². The molecule has 0 aromatic heterocycles. The molecule has 1 unspecified atom stereocenters. The normalized spacial score (nSPS) is 22.7. The van der Waals surface area contributed by atoms with Crippen molar-refractivity contribution in [2.75, 3.05) is 19.6 Å². The van der Waals surface area contributed by atoms with E-state index in [4.69, 9.17) is 5.73 Å². The monoisotopic (exact) mass is 255 g/mol. The first-order valence-corrected chi connectivity index (χ1v) is 7.39. The van der Waals surface area contributed by atoms with E-state index in [1.165, 1.54) is 19.3 Å². The van der Waals surface area contributed by atoms with Gasteiger partial charge in [-0.25, -0.2) is 0 Å². The highest BCUT2D eigenvalue weighted by Gasteiger charge is 2.19. The highest BCUT2D eigenvalue weighted by atomic mass is 16.2. The van der Waals surface area contributed by atoms with Crippen molar-refractivity contribution in [2.24, 2.45) is 5.73 Å². The predicted octanol–water partition coefficient (Wildman–Crippen LogP) is 1.49. The number of unbranched alkanes of at least 4 members (excludes halogenated alkanes) is 2. The van der Waals surface area contributed by atoms with Crippen LogP contribution in [0.4, 0.5) is 0 Å². The fraction of sp³-hybridized carbons (Fsp3) is 0.929. The van der Waals surface area contributed by atoms with E-state index in [1.54, 1.807) is 0 Å². The summed E-state index contributed by atoms with van der Waals surface area (Å²) in [5.41, 5.74) is 5.91. The minimum Gasteiger partial charge on any atom is -0.353 e. The van der Waals surface area contributed by atoms with E-state index in [0.717, 1.165) is 32.4 Å². The quantitative estimate of drug-likeness (QED) is 0.678. The molecule has 0 aromatic rings. The van der Waals surface area contributed by atoms with E-state index in [0.29, 0.717) is 12.6 Å². The van der Waals surface area contributed by atoms with Gasteiger partial charge in [0.2, 0.25) is 5.91 Å². The second-order valence-corrected chi connectivity index (χ2v) is 5.60. The lowest BCUT2D eigenvalue weighted by Crippen LogP contribution is -2.48. The van der Waals surface area contributed by atoms with Crippen LogP contribution in [-0.2, 0) is 4.79 Å². The Hall–Kier alpha value is -0.610. The van der Waals surface area contributed by atoms with Crippen LogP contribution in [-0.4, -0.2) is 42.5 Å². The number of hydrogen-bond acceptors (Lipinski definition) is 3. The van der Waals surface area contributed by atoms with E-state index >= 15 is 0 Å². The molecule has 3 N–H and O–H groups in total. The van der Waals surface area contributed by atoms with Crippen LogP contribution in [0, 0.1) is 0 Å². The molecular weight excluding hydrogens is 226 g/mol. The average Bonchev–Trinajstić information content (AvgIpc) is 2.29. The number of rotatable bonds is 7. The zero-order valence-corrected chi connectivity index (χ0v) is 12.0. The smallest absolute Gasteiger partial charge is 0.234 e. The van der Waals surface area contributed by atoms with Crippen LogP contribution >= 0.6 is 0 Å². The van der Waals surface area contributed by atoms with Crippen molar-refractivity contribution in [3.05, 3.63) is 0 Å². The van der Waals surface area contributed by atoms with Gasteiger partial charge in [0.25, 0.3) is 0 Å². The van der Waals surface area contributed by atoms with Crippen LogP contribution in [0.2, 0.25) is 0 Å². The fourth-order valence-corrected chi connectivity index (χ4v) is 2.53. The fourth-order valence-electron chi connectivity index (χ4n) is 2.53. The van der Waals surface area contributed by atoms with E-state index in [2.05, 4.69) is 24.1 Å². The number of amides is 1. The Morgan fingerprint density at radius 1 is 1.50 bits per heavy atom. The lowest BCUT2D eigenvalue weighted by atomic mass is 10.1. The maximum Gasteiger partial charge on any atom is 0.234 e. The van der Waals surface area contributed by atoms with Gasteiger partial charge in [0.1, 0.15) is 0 Å². The molecule has 4 nitrogen and oxygen atoms in total. The molecule has 0 aromatic carbocycles. The van der Waals surface area contributed by atoms with Crippen molar-refractivity contribution < 1.29 is 4.79 Å². The molecular formula is C14H29N3O. The zero-order chi connectivity index (χ0) is 13.4. The highest BCUT2D eigenvalue weighted by Crippen LogP contribution is 2.08. The maximum atomic E-state index is 11.9. The summed E-state index contributed by atoms with van der Waals surface area (Å²) in [7, 11) is 0. The molecule has 1 fully saturated rings. The predicted molar refractivity (Wildman–Crippen MR) is 75.4 cm³/mol. The molecule has 0 radical (unpaired) electrons. The van der Waals surface area contributed by atoms with E-state index in [1.807, 2.05) is 0 Å². The van der Waals surface area contributed by atoms with Gasteiger partial charge in [-0.3, -0.25) is 9.69 Å². The van der Waals surface area contributed by atoms with Crippen LogP contribution in [0.3, 0.4) is 0 Å². The Morgan fingerprint density at radius 3 is 2.94 bits per heavy atom. The molecule has 1 aliphatic heterocycles. The van der Waals surface area contributed by atoms with Crippen molar-refractivity contribution >= 4 is 5.91 Å². The average molecular weight is 255 g/mol. The molecule has 0 saturated carbocycles. The Bertz CT molecular complexity index is 245. The van der Waals surface area contributed by atoms with Gasteiger partial charge in [-0.1, -0.05) is 26.2 Å². The summed E-state index contributed by atoms with van der Waals surface area (Å²) >= 11 is 0. The van der Waals surface area contributed by atoms with Crippen LogP contribution in [0.5, 0.6) is 0 Å². The molecule has 0 bridgehead atoms. The first-order valence-electron chi connectivity index (χ1n) is 7.39. The SMILES string of the molecule is CCCCCC(C)NC(=O)CN1CCC[C@@H](N)C1. The Balaban J connectivity index is 2.15. The molecule has 1 aliphatic rings. The molecule has 1 saturated heterocycles. The molecule has 106 valence electrons. The minimum atomic E-state index is 0.146. The standard InChI is InChI=1S/C14H29N3O/c1-3-4-5-7-12(2)16-14(18)11-17-9-6-8-13(15)10-17/h12-13H,3-11,15H2,1-2H3,(H,16,18)/t12?,13-/m1/s1. The number of nitrogens with zero attached hydrogens (tertiary/aromatic N) is 1. The van der Waals surface area contributed by atoms with Gasteiger partial charge in [0.05, 0.1) is 6.54 Å². The van der Waals surface area contributed by atoms with Gasteiger partial charge in [-0.15, -0.1) is 0 Å². The lowest BCUT2D eigenvalue weighted by molar-refractivity contribution is -0.123. The highest BCUT2D eigenvalue weighted by molar-refractivity contribution is 5.78. The number of piperidine rings is 1. The number of carbonyl (C=O) groups excluding carboxylic acids is 1. The molecule has 0 spiro atoms. The van der Waals surface area contributed by atoms with Crippen LogP contribution < -0.4 is 11.1 Å². The maximum absolute atomic E-state index is 11.9. The number of carbonyl (C=O) groups is 1. The summed E-state index contributed by atoms with van der Waals surface area (Å²) in [4.78, 5) is 14.0. The molecule has 1 heterocycles. The molecule has 4 heteroatoms. The first kappa shape index (κ1) is 15.4. The van der Waals surface area contributed by atoms with Gasteiger partial charge >= 0.3 is 0 Å². The summed E-state index contributed by atoms with van der Waals surface area (Å²) in [6.07, 6.45) is 6.96. The minimum absolute atomic E-state index is 0.146. The zero-order valence-electron chi connectivity index (χ0n) is 12.0. The Morgan fingerprint density at radius 2 is 2.28 bits per heavy atom. The van der Waals surface area contributed by atoms with Crippen molar-refractivity contribution in [1.29, 1.82) is 0 Å². The van der Waals surface area contributed by atoms with Crippen molar-refractivity contribution in [1.82, 2.24) is 10.2 Å². The van der Waals surface area contributed by atoms with E-state index in [9.17, 15) is 4.79 Å². The molecule has 18 heavy (non-hydrogen) atoms. The molecule has 1 amide bonds. The van der Waals surface area contributed by atoms with Gasteiger partial charge in [0, 0.05) is 18.6 Å². The number of nitrogens with two attached hydrogens (primary N) is 1. The summed E-state index contributed by atoms with van der Waals surface area (Å²) in [5.74, 6) is 0.146. The third-order valence-electron chi connectivity index (χ3n) is 3.56. The third kappa shape index (κ3) is 6.36. The van der Waals surface area contributed by atoms with Crippen molar-refractivity contribution in [2.45, 2.75) is 64.5 Å². The van der Waals surface area contributed by atoms with E-state index in [-0.39, 0.29) is 11.9 Å². The topological polar surface area (TPSA) is 58.4 Å². The second-order valence-electron chi connectivity index (χ2n) is 5.60. The number of likely N-dealkylation sites (tertiary alicyclic amines) is 1. The summed E-state index contributed by atoms with van der Waals surface area (Å²) in [5, 5.41) is 3.08. The first-order chi connectivity index (χ1) is 8.61. The number of hydrogen-bond donors (Lipinski definition) is 2. The molecule has 1 rings (SSSR count). The third-order valence-corrected chi connectivity index (χ3v) is 3.56. The largest absolute Gasteiger partial charge is 0.353 e.